The quantitative estimate of drug-likeness (QED) is 0.667. The summed E-state index contributed by atoms with van der Waals surface area (Å²) in [6.45, 7) is 7.26. The predicted octanol–water partition coefficient (Wildman–Crippen LogP) is 2.29. The first kappa shape index (κ1) is 12.9. The molecular weight excluding hydrogens is 204 g/mol. The van der Waals surface area contributed by atoms with Crippen molar-refractivity contribution in [3.63, 3.8) is 0 Å². The highest BCUT2D eigenvalue weighted by atomic mass is 16.5. The van der Waals surface area contributed by atoms with Crippen molar-refractivity contribution in [2.45, 2.75) is 46.3 Å². The van der Waals surface area contributed by atoms with E-state index in [0.29, 0.717) is 18.7 Å². The molecule has 0 aliphatic carbocycles. The molecule has 1 atom stereocenters. The van der Waals surface area contributed by atoms with Crippen LogP contribution in [0, 0.1) is 0 Å². The Bertz CT molecular complexity index is 334. The van der Waals surface area contributed by atoms with E-state index >= 15 is 0 Å². The van der Waals surface area contributed by atoms with E-state index in [1.165, 1.54) is 0 Å². The van der Waals surface area contributed by atoms with Gasteiger partial charge in [0.05, 0.1) is 0 Å². The molecule has 0 aliphatic rings. The normalized spacial score (nSPS) is 12.7. The van der Waals surface area contributed by atoms with Gasteiger partial charge in [-0.3, -0.25) is 9.48 Å². The van der Waals surface area contributed by atoms with Gasteiger partial charge in [-0.2, -0.15) is 5.10 Å². The molecule has 0 N–H and O–H groups in total. The maximum atomic E-state index is 12.1. The molecular formula is C12H20N2O2. The van der Waals surface area contributed by atoms with Crippen LogP contribution in [0.1, 0.15) is 44.1 Å². The van der Waals surface area contributed by atoms with Gasteiger partial charge in [0.15, 0.2) is 0 Å². The van der Waals surface area contributed by atoms with E-state index in [1.54, 1.807) is 16.9 Å². The van der Waals surface area contributed by atoms with Crippen LogP contribution in [0.3, 0.4) is 0 Å². The summed E-state index contributed by atoms with van der Waals surface area (Å²) < 4.78 is 7.17. The van der Waals surface area contributed by atoms with Gasteiger partial charge in [-0.25, -0.2) is 0 Å². The Morgan fingerprint density at radius 2 is 2.25 bits per heavy atom. The third-order valence-electron chi connectivity index (χ3n) is 2.44. The highest BCUT2D eigenvalue weighted by molar-refractivity contribution is 5.97. The van der Waals surface area contributed by atoms with E-state index in [0.717, 1.165) is 13.0 Å². The van der Waals surface area contributed by atoms with Crippen LogP contribution < -0.4 is 0 Å². The number of nitrogens with zero attached hydrogens (tertiary/aromatic N) is 2. The number of Topliss-reactive ketones (excluding diaryl/α,β-unsaturated/α-hetero) is 1. The van der Waals surface area contributed by atoms with Crippen molar-refractivity contribution in [2.75, 3.05) is 6.61 Å². The van der Waals surface area contributed by atoms with Gasteiger partial charge in [0.2, 0.25) is 5.78 Å². The highest BCUT2D eigenvalue weighted by Gasteiger charge is 2.21. The Kier molecular flexibility index (Phi) is 5.19. The lowest BCUT2D eigenvalue weighted by Gasteiger charge is -2.14. The maximum absolute atomic E-state index is 12.1. The fraction of sp³-hybridized carbons (Fsp3) is 0.667. The number of carbonyl (C=O) groups excluding carboxylic acids is 1. The molecule has 1 heterocycles. The second-order valence-electron chi connectivity index (χ2n) is 3.66. The molecule has 0 radical (unpaired) electrons. The zero-order valence-corrected chi connectivity index (χ0v) is 10.3. The second-order valence-corrected chi connectivity index (χ2v) is 3.66. The van der Waals surface area contributed by atoms with E-state index in [9.17, 15) is 4.79 Å². The number of hydrogen-bond donors (Lipinski definition) is 0. The molecule has 0 bridgehead atoms. The lowest BCUT2D eigenvalue weighted by atomic mass is 10.1. The van der Waals surface area contributed by atoms with Crippen molar-refractivity contribution in [2.24, 2.45) is 0 Å². The lowest BCUT2D eigenvalue weighted by Crippen LogP contribution is -2.26. The zero-order chi connectivity index (χ0) is 12.0. The van der Waals surface area contributed by atoms with E-state index < -0.39 is 0 Å². The molecule has 4 nitrogen and oxygen atoms in total. The van der Waals surface area contributed by atoms with Gasteiger partial charge in [-0.15, -0.1) is 0 Å². The van der Waals surface area contributed by atoms with Crippen LogP contribution >= 0.6 is 0 Å². The Hall–Kier alpha value is -1.16. The number of rotatable bonds is 7. The molecule has 0 saturated heterocycles. The Balaban J connectivity index is 2.81. The standard InChI is InChI=1S/C12H20N2O2/c1-4-9-14-10(7-8-13-14)12(15)11(5-2)16-6-3/h7-8,11H,4-6,9H2,1-3H3. The van der Waals surface area contributed by atoms with E-state index in [2.05, 4.69) is 12.0 Å². The Labute approximate surface area is 96.6 Å². The summed E-state index contributed by atoms with van der Waals surface area (Å²) >= 11 is 0. The average Bonchev–Trinajstić information content (AvgIpc) is 2.73. The van der Waals surface area contributed by atoms with Crippen molar-refractivity contribution < 1.29 is 9.53 Å². The maximum Gasteiger partial charge on any atom is 0.209 e. The number of aromatic nitrogens is 2. The number of ketones is 1. The second kappa shape index (κ2) is 6.43. The fourth-order valence-corrected chi connectivity index (χ4v) is 1.68. The van der Waals surface area contributed by atoms with Crippen LogP contribution in [0.5, 0.6) is 0 Å². The van der Waals surface area contributed by atoms with Gasteiger partial charge < -0.3 is 4.74 Å². The van der Waals surface area contributed by atoms with Crippen LogP contribution in [0.2, 0.25) is 0 Å². The summed E-state index contributed by atoms with van der Waals surface area (Å²) in [7, 11) is 0. The largest absolute Gasteiger partial charge is 0.370 e. The SMILES string of the molecule is CCCn1nccc1C(=O)C(CC)OCC. The van der Waals surface area contributed by atoms with Crippen molar-refractivity contribution in [3.8, 4) is 0 Å². The summed E-state index contributed by atoms with van der Waals surface area (Å²) in [5.74, 6) is 0.0373. The van der Waals surface area contributed by atoms with Crippen molar-refractivity contribution in [1.82, 2.24) is 9.78 Å². The summed E-state index contributed by atoms with van der Waals surface area (Å²) in [5, 5.41) is 4.14. The van der Waals surface area contributed by atoms with Crippen LogP contribution in [0.4, 0.5) is 0 Å². The summed E-state index contributed by atoms with van der Waals surface area (Å²) in [6, 6.07) is 1.76. The van der Waals surface area contributed by atoms with Crippen LogP contribution in [-0.2, 0) is 11.3 Å². The van der Waals surface area contributed by atoms with Crippen molar-refractivity contribution in [3.05, 3.63) is 18.0 Å². The molecule has 16 heavy (non-hydrogen) atoms. The van der Waals surface area contributed by atoms with E-state index in [-0.39, 0.29) is 11.9 Å². The summed E-state index contributed by atoms with van der Waals surface area (Å²) in [6.07, 6.45) is 3.00. The minimum absolute atomic E-state index is 0.0373. The molecule has 0 aliphatic heterocycles. The Morgan fingerprint density at radius 3 is 2.81 bits per heavy atom. The molecule has 0 saturated carbocycles. The molecule has 0 fully saturated rings. The van der Waals surface area contributed by atoms with Gasteiger partial charge >= 0.3 is 0 Å². The molecule has 1 unspecified atom stereocenters. The van der Waals surface area contributed by atoms with E-state index in [4.69, 9.17) is 4.74 Å². The molecule has 1 aromatic heterocycles. The summed E-state index contributed by atoms with van der Waals surface area (Å²) in [5.41, 5.74) is 0.655. The van der Waals surface area contributed by atoms with Crippen LogP contribution in [-0.4, -0.2) is 28.3 Å². The first-order chi connectivity index (χ1) is 7.74. The number of ether oxygens (including phenoxy) is 1. The van der Waals surface area contributed by atoms with Gasteiger partial charge in [0, 0.05) is 19.3 Å². The monoisotopic (exact) mass is 224 g/mol. The lowest BCUT2D eigenvalue weighted by molar-refractivity contribution is 0.0434. The average molecular weight is 224 g/mol. The third kappa shape index (κ3) is 2.92. The zero-order valence-electron chi connectivity index (χ0n) is 10.3. The molecule has 90 valence electrons. The third-order valence-corrected chi connectivity index (χ3v) is 2.44. The topological polar surface area (TPSA) is 44.1 Å². The fourth-order valence-electron chi connectivity index (χ4n) is 1.68. The minimum Gasteiger partial charge on any atom is -0.370 e. The minimum atomic E-state index is -0.336. The molecule has 0 amide bonds. The van der Waals surface area contributed by atoms with Gasteiger partial charge in [0.25, 0.3) is 0 Å². The Morgan fingerprint density at radius 1 is 1.50 bits per heavy atom. The smallest absolute Gasteiger partial charge is 0.209 e. The highest BCUT2D eigenvalue weighted by Crippen LogP contribution is 2.09. The molecule has 1 aromatic rings. The first-order valence-corrected chi connectivity index (χ1v) is 5.92. The van der Waals surface area contributed by atoms with Gasteiger partial charge in [0.1, 0.15) is 11.8 Å². The number of aryl methyl sites for hydroxylation is 1. The number of carbonyl (C=O) groups is 1. The van der Waals surface area contributed by atoms with Crippen molar-refractivity contribution in [1.29, 1.82) is 0 Å². The van der Waals surface area contributed by atoms with Crippen LogP contribution in [0.25, 0.3) is 0 Å². The van der Waals surface area contributed by atoms with Gasteiger partial charge in [-0.1, -0.05) is 13.8 Å². The van der Waals surface area contributed by atoms with Crippen molar-refractivity contribution >= 4 is 5.78 Å². The van der Waals surface area contributed by atoms with Crippen LogP contribution in [0.15, 0.2) is 12.3 Å². The molecule has 0 aromatic carbocycles. The summed E-state index contributed by atoms with van der Waals surface area (Å²) in [4.78, 5) is 12.1. The molecule has 4 heteroatoms. The number of hydrogen-bond acceptors (Lipinski definition) is 3. The molecule has 1 rings (SSSR count). The van der Waals surface area contributed by atoms with E-state index in [1.807, 2.05) is 13.8 Å². The van der Waals surface area contributed by atoms with Gasteiger partial charge in [-0.05, 0) is 25.8 Å². The predicted molar refractivity (Wildman–Crippen MR) is 62.6 cm³/mol. The molecule has 0 spiro atoms. The first-order valence-electron chi connectivity index (χ1n) is 5.92.